The Kier molecular flexibility index (Phi) is 6.16. The van der Waals surface area contributed by atoms with E-state index in [1.165, 1.54) is 5.56 Å². The molecule has 23 heavy (non-hydrogen) atoms. The van der Waals surface area contributed by atoms with E-state index in [9.17, 15) is 9.59 Å². The number of carbonyl (C=O) groups excluding carboxylic acids is 2. The van der Waals surface area contributed by atoms with Crippen molar-refractivity contribution in [1.82, 2.24) is 14.7 Å². The average Bonchev–Trinajstić information content (AvgIpc) is 2.53. The molecule has 0 unspecified atom stereocenters. The Bertz CT molecular complexity index is 551. The smallest absolute Gasteiger partial charge is 0.224 e. The number of hydrogen-bond acceptors (Lipinski definition) is 3. The summed E-state index contributed by atoms with van der Waals surface area (Å²) < 4.78 is 0. The number of rotatable bonds is 5. The van der Waals surface area contributed by atoms with E-state index in [1.54, 1.807) is 11.8 Å². The molecular formula is C18H27N3O2. The van der Waals surface area contributed by atoms with E-state index in [0.717, 1.165) is 31.7 Å². The van der Waals surface area contributed by atoms with Crippen molar-refractivity contribution < 1.29 is 9.59 Å². The highest BCUT2D eigenvalue weighted by molar-refractivity contribution is 5.78. The third-order valence-corrected chi connectivity index (χ3v) is 4.52. The zero-order valence-corrected chi connectivity index (χ0v) is 14.4. The molecule has 1 aromatic carbocycles. The monoisotopic (exact) mass is 317 g/mol. The highest BCUT2D eigenvalue weighted by Gasteiger charge is 2.20. The molecule has 5 heteroatoms. The average molecular weight is 317 g/mol. The van der Waals surface area contributed by atoms with Crippen LogP contribution in [0.15, 0.2) is 24.3 Å². The SMILES string of the molecule is CC(=O)N(CCC(=O)N1CCN(C)CC1)Cc1ccccc1C. The molecule has 1 aromatic rings. The number of amides is 2. The second-order valence-electron chi connectivity index (χ2n) is 6.30. The Hall–Kier alpha value is -1.88. The van der Waals surface area contributed by atoms with Crippen LogP contribution in [0.2, 0.25) is 0 Å². The summed E-state index contributed by atoms with van der Waals surface area (Å²) in [5.74, 6) is 0.161. The first-order valence-electron chi connectivity index (χ1n) is 8.23. The van der Waals surface area contributed by atoms with Gasteiger partial charge in [0.05, 0.1) is 0 Å². The van der Waals surface area contributed by atoms with Crippen LogP contribution in [0.25, 0.3) is 0 Å². The molecule has 1 fully saturated rings. The van der Waals surface area contributed by atoms with Crippen molar-refractivity contribution in [2.75, 3.05) is 39.8 Å². The lowest BCUT2D eigenvalue weighted by atomic mass is 10.1. The van der Waals surface area contributed by atoms with E-state index in [0.29, 0.717) is 19.5 Å². The summed E-state index contributed by atoms with van der Waals surface area (Å²) >= 11 is 0. The summed E-state index contributed by atoms with van der Waals surface area (Å²) in [7, 11) is 2.07. The van der Waals surface area contributed by atoms with E-state index in [4.69, 9.17) is 0 Å². The third-order valence-electron chi connectivity index (χ3n) is 4.52. The fourth-order valence-electron chi connectivity index (χ4n) is 2.79. The molecule has 2 rings (SSSR count). The van der Waals surface area contributed by atoms with E-state index in [2.05, 4.69) is 11.9 Å². The lowest BCUT2D eigenvalue weighted by molar-refractivity contribution is -0.134. The Labute approximate surface area is 138 Å². The van der Waals surface area contributed by atoms with Gasteiger partial charge in [0.25, 0.3) is 0 Å². The molecule has 1 aliphatic heterocycles. The van der Waals surface area contributed by atoms with Gasteiger partial charge in [-0.3, -0.25) is 9.59 Å². The van der Waals surface area contributed by atoms with Gasteiger partial charge < -0.3 is 14.7 Å². The fourth-order valence-corrected chi connectivity index (χ4v) is 2.79. The molecule has 0 spiro atoms. The van der Waals surface area contributed by atoms with Gasteiger partial charge in [-0.05, 0) is 25.1 Å². The number of aryl methyl sites for hydroxylation is 1. The normalized spacial score (nSPS) is 15.5. The van der Waals surface area contributed by atoms with Crippen molar-refractivity contribution in [2.45, 2.75) is 26.8 Å². The highest BCUT2D eigenvalue weighted by atomic mass is 16.2. The zero-order valence-electron chi connectivity index (χ0n) is 14.4. The number of carbonyl (C=O) groups is 2. The van der Waals surface area contributed by atoms with Crippen LogP contribution >= 0.6 is 0 Å². The summed E-state index contributed by atoms with van der Waals surface area (Å²) in [6.07, 6.45) is 0.398. The maximum atomic E-state index is 12.3. The number of piperazine rings is 1. The van der Waals surface area contributed by atoms with Crippen LogP contribution in [0.1, 0.15) is 24.5 Å². The fraction of sp³-hybridized carbons (Fsp3) is 0.556. The van der Waals surface area contributed by atoms with Crippen LogP contribution in [0.3, 0.4) is 0 Å². The molecule has 0 aliphatic carbocycles. The molecule has 0 N–H and O–H groups in total. The standard InChI is InChI=1S/C18H27N3O2/c1-15-6-4-5-7-17(15)14-21(16(2)22)9-8-18(23)20-12-10-19(3)11-13-20/h4-7H,8-14H2,1-3H3. The molecule has 1 aliphatic rings. The summed E-state index contributed by atoms with van der Waals surface area (Å²) in [5.41, 5.74) is 2.30. The molecule has 0 atom stereocenters. The topological polar surface area (TPSA) is 43.9 Å². The van der Waals surface area contributed by atoms with Crippen molar-refractivity contribution in [3.05, 3.63) is 35.4 Å². The molecule has 2 amide bonds. The molecule has 1 heterocycles. The predicted octanol–water partition coefficient (Wildman–Crippen LogP) is 1.51. The zero-order chi connectivity index (χ0) is 16.8. The lowest BCUT2D eigenvalue weighted by Crippen LogP contribution is -2.47. The third kappa shape index (κ3) is 5.06. The minimum atomic E-state index is 0.0134. The van der Waals surface area contributed by atoms with Crippen LogP contribution < -0.4 is 0 Å². The molecule has 0 bridgehead atoms. The number of nitrogens with zero attached hydrogens (tertiary/aromatic N) is 3. The molecular weight excluding hydrogens is 290 g/mol. The quantitative estimate of drug-likeness (QED) is 0.827. The first-order chi connectivity index (χ1) is 11.0. The highest BCUT2D eigenvalue weighted by Crippen LogP contribution is 2.12. The van der Waals surface area contributed by atoms with Crippen molar-refractivity contribution in [3.8, 4) is 0 Å². The van der Waals surface area contributed by atoms with Gasteiger partial charge in [0.2, 0.25) is 11.8 Å². The summed E-state index contributed by atoms with van der Waals surface area (Å²) in [5, 5.41) is 0. The number of likely N-dealkylation sites (N-methyl/N-ethyl adjacent to an activating group) is 1. The maximum Gasteiger partial charge on any atom is 0.224 e. The number of hydrogen-bond donors (Lipinski definition) is 0. The summed E-state index contributed by atoms with van der Waals surface area (Å²) in [6, 6.07) is 8.06. The Morgan fingerprint density at radius 3 is 2.39 bits per heavy atom. The van der Waals surface area contributed by atoms with Crippen LogP contribution in [0, 0.1) is 6.92 Å². The molecule has 0 aromatic heterocycles. The van der Waals surface area contributed by atoms with Gasteiger partial charge in [-0.15, -0.1) is 0 Å². The molecule has 0 saturated carbocycles. The second kappa shape index (κ2) is 8.11. The Morgan fingerprint density at radius 1 is 1.13 bits per heavy atom. The molecule has 5 nitrogen and oxygen atoms in total. The van der Waals surface area contributed by atoms with Crippen molar-refractivity contribution in [2.24, 2.45) is 0 Å². The van der Waals surface area contributed by atoms with Crippen LogP contribution in [-0.2, 0) is 16.1 Å². The van der Waals surface area contributed by atoms with Crippen LogP contribution in [-0.4, -0.2) is 66.3 Å². The molecule has 0 radical (unpaired) electrons. The number of benzene rings is 1. The van der Waals surface area contributed by atoms with Gasteiger partial charge in [0, 0.05) is 52.6 Å². The first kappa shape index (κ1) is 17.5. The summed E-state index contributed by atoms with van der Waals surface area (Å²) in [4.78, 5) is 30.1. The van der Waals surface area contributed by atoms with E-state index in [1.807, 2.05) is 36.1 Å². The first-order valence-corrected chi connectivity index (χ1v) is 8.23. The van der Waals surface area contributed by atoms with Gasteiger partial charge in [0.15, 0.2) is 0 Å². The van der Waals surface area contributed by atoms with Crippen molar-refractivity contribution in [3.63, 3.8) is 0 Å². The van der Waals surface area contributed by atoms with E-state index >= 15 is 0 Å². The minimum absolute atomic E-state index is 0.0134. The summed E-state index contributed by atoms with van der Waals surface area (Å²) in [6.45, 7) is 8.08. The molecule has 126 valence electrons. The van der Waals surface area contributed by atoms with Gasteiger partial charge in [0.1, 0.15) is 0 Å². The second-order valence-corrected chi connectivity index (χ2v) is 6.30. The van der Waals surface area contributed by atoms with Gasteiger partial charge >= 0.3 is 0 Å². The lowest BCUT2D eigenvalue weighted by Gasteiger charge is -2.33. The predicted molar refractivity (Wildman–Crippen MR) is 91.0 cm³/mol. The van der Waals surface area contributed by atoms with Crippen molar-refractivity contribution >= 4 is 11.8 Å². The maximum absolute atomic E-state index is 12.3. The van der Waals surface area contributed by atoms with E-state index < -0.39 is 0 Å². The minimum Gasteiger partial charge on any atom is -0.340 e. The van der Waals surface area contributed by atoms with Gasteiger partial charge in [-0.25, -0.2) is 0 Å². The van der Waals surface area contributed by atoms with Crippen LogP contribution in [0.5, 0.6) is 0 Å². The largest absolute Gasteiger partial charge is 0.340 e. The Balaban J connectivity index is 1.89. The van der Waals surface area contributed by atoms with Crippen LogP contribution in [0.4, 0.5) is 0 Å². The van der Waals surface area contributed by atoms with E-state index in [-0.39, 0.29) is 11.8 Å². The van der Waals surface area contributed by atoms with Gasteiger partial charge in [-0.2, -0.15) is 0 Å². The van der Waals surface area contributed by atoms with Crippen molar-refractivity contribution in [1.29, 1.82) is 0 Å². The van der Waals surface area contributed by atoms with Gasteiger partial charge in [-0.1, -0.05) is 24.3 Å². The molecule has 1 saturated heterocycles. The Morgan fingerprint density at radius 2 is 1.78 bits per heavy atom.